The Morgan fingerprint density at radius 2 is 1.40 bits per heavy atom. The standard InChI is InChI=1S/C25H32O5/c1-15-9-21-17(11-19(15)27)23(3,4)13-25(29-21)14-24(5,6)18-12-20(28-8-7-26)16(2)10-22(18)30-25/h9-12,26-27H,7-8,13-14H2,1-6H3. The van der Waals surface area contributed by atoms with Gasteiger partial charge in [-0.1, -0.05) is 27.7 Å². The molecule has 5 nitrogen and oxygen atoms in total. The lowest BCUT2D eigenvalue weighted by molar-refractivity contribution is -0.166. The summed E-state index contributed by atoms with van der Waals surface area (Å²) in [5, 5.41) is 19.3. The Hall–Kier alpha value is -2.40. The van der Waals surface area contributed by atoms with Crippen molar-refractivity contribution in [3.05, 3.63) is 46.5 Å². The van der Waals surface area contributed by atoms with Gasteiger partial charge in [0.2, 0.25) is 0 Å². The van der Waals surface area contributed by atoms with Crippen LogP contribution in [-0.2, 0) is 10.8 Å². The van der Waals surface area contributed by atoms with Gasteiger partial charge in [0.1, 0.15) is 29.6 Å². The first-order valence-corrected chi connectivity index (χ1v) is 10.6. The monoisotopic (exact) mass is 412 g/mol. The molecule has 0 amide bonds. The molecule has 2 aliphatic rings. The van der Waals surface area contributed by atoms with Crippen LogP contribution in [0.15, 0.2) is 24.3 Å². The molecule has 162 valence electrons. The molecule has 5 heteroatoms. The Labute approximate surface area is 178 Å². The predicted octanol–water partition coefficient (Wildman–Crippen LogP) is 4.90. The number of aromatic hydroxyl groups is 1. The van der Waals surface area contributed by atoms with Gasteiger partial charge in [0.25, 0.3) is 5.79 Å². The van der Waals surface area contributed by atoms with Crippen molar-refractivity contribution in [2.45, 2.75) is 71.0 Å². The van der Waals surface area contributed by atoms with Gasteiger partial charge in [0.05, 0.1) is 6.61 Å². The first-order chi connectivity index (χ1) is 14.0. The smallest absolute Gasteiger partial charge is 0.252 e. The summed E-state index contributed by atoms with van der Waals surface area (Å²) in [7, 11) is 0. The van der Waals surface area contributed by atoms with Gasteiger partial charge >= 0.3 is 0 Å². The number of phenols is 1. The fraction of sp³-hybridized carbons (Fsp3) is 0.520. The summed E-state index contributed by atoms with van der Waals surface area (Å²) >= 11 is 0. The molecule has 0 aliphatic carbocycles. The Morgan fingerprint density at radius 3 is 1.97 bits per heavy atom. The summed E-state index contributed by atoms with van der Waals surface area (Å²) in [4.78, 5) is 0. The Morgan fingerprint density at radius 1 is 0.867 bits per heavy atom. The van der Waals surface area contributed by atoms with Crippen molar-refractivity contribution in [3.63, 3.8) is 0 Å². The molecular weight excluding hydrogens is 380 g/mol. The van der Waals surface area contributed by atoms with E-state index >= 15 is 0 Å². The highest BCUT2D eigenvalue weighted by molar-refractivity contribution is 5.53. The Balaban J connectivity index is 1.77. The van der Waals surface area contributed by atoms with Crippen LogP contribution in [0, 0.1) is 13.8 Å². The quantitative estimate of drug-likeness (QED) is 0.751. The van der Waals surface area contributed by atoms with Gasteiger partial charge in [-0.3, -0.25) is 0 Å². The lowest BCUT2D eigenvalue weighted by atomic mass is 9.69. The molecule has 0 bridgehead atoms. The van der Waals surface area contributed by atoms with E-state index in [4.69, 9.17) is 19.3 Å². The summed E-state index contributed by atoms with van der Waals surface area (Å²) in [6.45, 7) is 12.9. The fourth-order valence-corrected chi connectivity index (χ4v) is 5.03. The largest absolute Gasteiger partial charge is 0.508 e. The molecular formula is C25H32O5. The van der Waals surface area contributed by atoms with Gasteiger partial charge < -0.3 is 24.4 Å². The zero-order chi connectivity index (χ0) is 21.9. The van der Waals surface area contributed by atoms with Gasteiger partial charge in [0, 0.05) is 34.8 Å². The molecule has 1 atom stereocenters. The van der Waals surface area contributed by atoms with Crippen molar-refractivity contribution in [1.82, 2.24) is 0 Å². The number of aliphatic hydroxyl groups is 1. The highest BCUT2D eigenvalue weighted by Crippen LogP contribution is 2.55. The summed E-state index contributed by atoms with van der Waals surface area (Å²) < 4.78 is 18.9. The minimum absolute atomic E-state index is 0.0170. The van der Waals surface area contributed by atoms with Crippen LogP contribution in [0.25, 0.3) is 0 Å². The van der Waals surface area contributed by atoms with E-state index in [1.807, 2.05) is 38.1 Å². The minimum atomic E-state index is -0.781. The summed E-state index contributed by atoms with van der Waals surface area (Å²) in [5.41, 5.74) is 3.43. The molecule has 2 aromatic rings. The number of aliphatic hydroxyl groups excluding tert-OH is 1. The van der Waals surface area contributed by atoms with Gasteiger partial charge in [-0.25, -0.2) is 0 Å². The molecule has 0 radical (unpaired) electrons. The molecule has 2 aromatic carbocycles. The van der Waals surface area contributed by atoms with Crippen LogP contribution in [0.5, 0.6) is 23.0 Å². The molecule has 2 aliphatic heterocycles. The number of ether oxygens (including phenoxy) is 3. The second-order valence-electron chi connectivity index (χ2n) is 10.1. The van der Waals surface area contributed by atoms with E-state index in [-0.39, 0.29) is 24.0 Å². The highest BCUT2D eigenvalue weighted by Gasteiger charge is 2.53. The van der Waals surface area contributed by atoms with E-state index in [0.29, 0.717) is 18.6 Å². The molecule has 1 spiro atoms. The number of hydrogen-bond acceptors (Lipinski definition) is 5. The van der Waals surface area contributed by atoms with Crippen LogP contribution in [0.3, 0.4) is 0 Å². The summed E-state index contributed by atoms with van der Waals surface area (Å²) in [6, 6.07) is 7.79. The van der Waals surface area contributed by atoms with Crippen LogP contribution in [0.4, 0.5) is 0 Å². The van der Waals surface area contributed by atoms with Crippen molar-refractivity contribution in [2.24, 2.45) is 0 Å². The maximum absolute atomic E-state index is 10.2. The zero-order valence-corrected chi connectivity index (χ0v) is 18.8. The van der Waals surface area contributed by atoms with Gasteiger partial charge in [-0.2, -0.15) is 0 Å². The van der Waals surface area contributed by atoms with E-state index in [9.17, 15) is 5.11 Å². The van der Waals surface area contributed by atoms with Crippen molar-refractivity contribution >= 4 is 0 Å². The predicted molar refractivity (Wildman–Crippen MR) is 116 cm³/mol. The minimum Gasteiger partial charge on any atom is -0.508 e. The zero-order valence-electron chi connectivity index (χ0n) is 18.8. The number of aryl methyl sites for hydroxylation is 2. The maximum Gasteiger partial charge on any atom is 0.252 e. The SMILES string of the molecule is Cc1cc2c(cc1O)C(C)(C)CC1(CC(C)(C)c3cc(OCCO)c(C)cc3O1)O2. The molecule has 2 N–H and O–H groups in total. The van der Waals surface area contributed by atoms with E-state index in [1.54, 1.807) is 0 Å². The van der Waals surface area contributed by atoms with Crippen molar-refractivity contribution in [3.8, 4) is 23.0 Å². The molecule has 0 fully saturated rings. The number of benzene rings is 2. The summed E-state index contributed by atoms with van der Waals surface area (Å²) in [6.07, 6.45) is 1.37. The lowest BCUT2D eigenvalue weighted by Crippen LogP contribution is -2.55. The average Bonchev–Trinajstić information content (AvgIpc) is 2.61. The van der Waals surface area contributed by atoms with Crippen LogP contribution in [0.2, 0.25) is 0 Å². The molecule has 0 saturated heterocycles. The topological polar surface area (TPSA) is 68.2 Å². The van der Waals surface area contributed by atoms with Gasteiger partial charge in [-0.05, 0) is 49.2 Å². The normalized spacial score (nSPS) is 23.2. The third-order valence-electron chi connectivity index (χ3n) is 6.40. The Bertz CT molecular complexity index is 992. The fourth-order valence-electron chi connectivity index (χ4n) is 5.03. The number of rotatable bonds is 3. The number of hydrogen-bond donors (Lipinski definition) is 2. The molecule has 2 heterocycles. The number of phenolic OH excluding ortho intramolecular Hbond substituents is 1. The van der Waals surface area contributed by atoms with Crippen LogP contribution in [0.1, 0.15) is 62.8 Å². The van der Waals surface area contributed by atoms with E-state index in [1.165, 1.54) is 0 Å². The van der Waals surface area contributed by atoms with Crippen LogP contribution in [-0.4, -0.2) is 29.2 Å². The molecule has 0 aromatic heterocycles. The second kappa shape index (κ2) is 6.81. The Kier molecular flexibility index (Phi) is 4.73. The van der Waals surface area contributed by atoms with E-state index in [2.05, 4.69) is 27.7 Å². The molecule has 4 rings (SSSR count). The molecule has 0 saturated carbocycles. The van der Waals surface area contributed by atoms with Crippen molar-refractivity contribution in [2.75, 3.05) is 13.2 Å². The van der Waals surface area contributed by atoms with Crippen molar-refractivity contribution in [1.29, 1.82) is 0 Å². The van der Waals surface area contributed by atoms with Crippen molar-refractivity contribution < 1.29 is 24.4 Å². The van der Waals surface area contributed by atoms with Crippen LogP contribution < -0.4 is 14.2 Å². The number of fused-ring (bicyclic) bond motifs is 2. The highest BCUT2D eigenvalue weighted by atomic mass is 16.7. The second-order valence-corrected chi connectivity index (χ2v) is 10.1. The van der Waals surface area contributed by atoms with E-state index < -0.39 is 5.79 Å². The molecule has 1 unspecified atom stereocenters. The third-order valence-corrected chi connectivity index (χ3v) is 6.40. The van der Waals surface area contributed by atoms with Gasteiger partial charge in [0.15, 0.2) is 0 Å². The van der Waals surface area contributed by atoms with E-state index in [0.717, 1.165) is 39.5 Å². The first-order valence-electron chi connectivity index (χ1n) is 10.6. The average molecular weight is 413 g/mol. The molecule has 30 heavy (non-hydrogen) atoms. The summed E-state index contributed by atoms with van der Waals surface area (Å²) in [5.74, 6) is 1.88. The lowest BCUT2D eigenvalue weighted by Gasteiger charge is -2.51. The third kappa shape index (κ3) is 3.39. The maximum atomic E-state index is 10.2. The van der Waals surface area contributed by atoms with Gasteiger partial charge in [-0.15, -0.1) is 0 Å². The first kappa shape index (κ1) is 20.9. The van der Waals surface area contributed by atoms with Crippen LogP contribution >= 0.6 is 0 Å².